The number of carbonyl (C=O) groups is 3. The molecule has 1 rings (SSSR count). The normalized spacial score (nSPS) is 35.1. The molecule has 1 aliphatic rings. The van der Waals surface area contributed by atoms with Gasteiger partial charge in [0, 0.05) is 12.3 Å². The first-order valence-electron chi connectivity index (χ1n) is 5.37. The van der Waals surface area contributed by atoms with E-state index in [1.807, 2.05) is 0 Å². The molecule has 0 amide bonds. The minimum atomic E-state index is -2.47. The van der Waals surface area contributed by atoms with Gasteiger partial charge in [-0.1, -0.05) is 0 Å². The van der Waals surface area contributed by atoms with Crippen molar-refractivity contribution in [2.75, 3.05) is 0 Å². The molecule has 1 saturated carbocycles. The van der Waals surface area contributed by atoms with Crippen LogP contribution in [0.2, 0.25) is 0 Å². The van der Waals surface area contributed by atoms with Gasteiger partial charge in [0.15, 0.2) is 11.5 Å². The van der Waals surface area contributed by atoms with Crippen molar-refractivity contribution in [1.82, 2.24) is 0 Å². The van der Waals surface area contributed by atoms with E-state index < -0.39 is 60.4 Å². The topological polar surface area (TPSA) is 173 Å². The van der Waals surface area contributed by atoms with Crippen molar-refractivity contribution in [1.29, 1.82) is 0 Å². The minimum Gasteiger partial charge on any atom is -0.481 e. The van der Waals surface area contributed by atoms with Crippen molar-refractivity contribution in [3.8, 4) is 0 Å². The summed E-state index contributed by atoms with van der Waals surface area (Å²) >= 11 is 0. The molecule has 6 N–H and O–H groups in total. The van der Waals surface area contributed by atoms with Gasteiger partial charge < -0.3 is 30.6 Å². The summed E-state index contributed by atoms with van der Waals surface area (Å²) in [6, 6.07) is 0. The van der Waals surface area contributed by atoms with E-state index >= 15 is 0 Å². The first-order valence-corrected chi connectivity index (χ1v) is 5.37. The molecular weight excluding hydrogens is 264 g/mol. The van der Waals surface area contributed by atoms with Gasteiger partial charge in [-0.25, -0.2) is 4.79 Å². The average Bonchev–Trinajstić information content (AvgIpc) is 2.24. The lowest BCUT2D eigenvalue weighted by atomic mass is 9.69. The number of carboxylic acids is 3. The quantitative estimate of drug-likeness (QED) is 0.309. The summed E-state index contributed by atoms with van der Waals surface area (Å²) in [5, 5.41) is 55.3. The van der Waals surface area contributed by atoms with Crippen LogP contribution in [-0.2, 0) is 14.4 Å². The summed E-state index contributed by atoms with van der Waals surface area (Å²) in [6.45, 7) is 0. The number of hydrogen-bond donors (Lipinski definition) is 6. The molecule has 0 saturated heterocycles. The highest BCUT2D eigenvalue weighted by atomic mass is 16.4. The van der Waals surface area contributed by atoms with Crippen molar-refractivity contribution in [3.63, 3.8) is 0 Å². The fraction of sp³-hybridized carbons (Fsp3) is 0.700. The van der Waals surface area contributed by atoms with Crippen LogP contribution in [0.25, 0.3) is 0 Å². The predicted octanol–water partition coefficient (Wildman–Crippen LogP) is -2.28. The van der Waals surface area contributed by atoms with E-state index in [9.17, 15) is 29.7 Å². The van der Waals surface area contributed by atoms with Crippen molar-refractivity contribution in [2.45, 2.75) is 30.7 Å². The van der Waals surface area contributed by atoms with Crippen molar-refractivity contribution in [2.24, 2.45) is 11.8 Å². The van der Waals surface area contributed by atoms with Gasteiger partial charge in [-0.15, -0.1) is 0 Å². The Bertz CT molecular complexity index is 392. The molecule has 1 fully saturated rings. The lowest BCUT2D eigenvalue weighted by Crippen LogP contribution is -2.57. The molecule has 0 aromatic rings. The predicted molar refractivity (Wildman–Crippen MR) is 56.1 cm³/mol. The third kappa shape index (κ3) is 2.83. The second kappa shape index (κ2) is 5.11. The van der Waals surface area contributed by atoms with Crippen LogP contribution >= 0.6 is 0 Å². The SMILES string of the molecule is O=C(O)C(C(=O)O)[C@H]1C[C@@](O)(C(=O)O)C[C@@H](O)[C@@H]1O. The first kappa shape index (κ1) is 15.3. The maximum absolute atomic E-state index is 10.9. The Labute approximate surface area is 106 Å². The van der Waals surface area contributed by atoms with Crippen LogP contribution in [0, 0.1) is 11.8 Å². The van der Waals surface area contributed by atoms with Gasteiger partial charge in [0.25, 0.3) is 0 Å². The average molecular weight is 278 g/mol. The molecule has 0 heterocycles. The van der Waals surface area contributed by atoms with Crippen LogP contribution < -0.4 is 0 Å². The van der Waals surface area contributed by atoms with Gasteiger partial charge in [0.2, 0.25) is 0 Å². The highest BCUT2D eigenvalue weighted by Crippen LogP contribution is 2.37. The monoisotopic (exact) mass is 278 g/mol. The molecule has 0 aromatic carbocycles. The Morgan fingerprint density at radius 2 is 1.47 bits per heavy atom. The van der Waals surface area contributed by atoms with Crippen molar-refractivity contribution < 1.29 is 45.0 Å². The molecule has 0 aliphatic heterocycles. The number of hydrogen-bond acceptors (Lipinski definition) is 6. The molecule has 4 atom stereocenters. The number of rotatable bonds is 4. The Hall–Kier alpha value is -1.71. The van der Waals surface area contributed by atoms with Gasteiger partial charge >= 0.3 is 17.9 Å². The molecule has 1 aliphatic carbocycles. The second-order valence-electron chi connectivity index (χ2n) is 4.62. The molecule has 19 heavy (non-hydrogen) atoms. The molecule has 0 radical (unpaired) electrons. The van der Waals surface area contributed by atoms with E-state index in [1.54, 1.807) is 0 Å². The number of aliphatic hydroxyl groups is 3. The largest absolute Gasteiger partial charge is 0.481 e. The molecule has 0 spiro atoms. The van der Waals surface area contributed by atoms with E-state index in [0.717, 1.165) is 0 Å². The third-order valence-corrected chi connectivity index (χ3v) is 3.31. The highest BCUT2D eigenvalue weighted by molar-refractivity contribution is 5.93. The van der Waals surface area contributed by atoms with Crippen LogP contribution in [0.3, 0.4) is 0 Å². The number of aliphatic hydroxyl groups excluding tert-OH is 2. The Kier molecular flexibility index (Phi) is 4.13. The zero-order valence-corrected chi connectivity index (χ0v) is 9.63. The molecule has 0 aromatic heterocycles. The zero-order valence-electron chi connectivity index (χ0n) is 9.63. The number of aliphatic carboxylic acids is 3. The molecular formula is C10H14O9. The maximum Gasteiger partial charge on any atom is 0.335 e. The Morgan fingerprint density at radius 3 is 1.84 bits per heavy atom. The van der Waals surface area contributed by atoms with Crippen molar-refractivity contribution >= 4 is 17.9 Å². The van der Waals surface area contributed by atoms with Gasteiger partial charge in [0.05, 0.1) is 12.2 Å². The van der Waals surface area contributed by atoms with Crippen LogP contribution in [-0.4, -0.2) is 66.4 Å². The van der Waals surface area contributed by atoms with Gasteiger partial charge in [-0.05, 0) is 6.42 Å². The second-order valence-corrected chi connectivity index (χ2v) is 4.62. The molecule has 9 heteroatoms. The van der Waals surface area contributed by atoms with Gasteiger partial charge in [0.1, 0.15) is 0 Å². The summed E-state index contributed by atoms with van der Waals surface area (Å²) in [6.07, 6.45) is -4.94. The van der Waals surface area contributed by atoms with E-state index in [4.69, 9.17) is 15.3 Å². The lowest BCUT2D eigenvalue weighted by Gasteiger charge is -2.41. The fourth-order valence-corrected chi connectivity index (χ4v) is 2.31. The minimum absolute atomic E-state index is 0.702. The molecule has 108 valence electrons. The first-order chi connectivity index (χ1) is 8.60. The third-order valence-electron chi connectivity index (χ3n) is 3.31. The zero-order chi connectivity index (χ0) is 15.0. The van der Waals surface area contributed by atoms with Gasteiger partial charge in [-0.2, -0.15) is 0 Å². The van der Waals surface area contributed by atoms with E-state index in [2.05, 4.69) is 0 Å². The highest BCUT2D eigenvalue weighted by Gasteiger charge is 2.54. The molecule has 0 bridgehead atoms. The van der Waals surface area contributed by atoms with E-state index in [0.29, 0.717) is 0 Å². The van der Waals surface area contributed by atoms with Crippen LogP contribution in [0.5, 0.6) is 0 Å². The standard InChI is InChI=1S/C10H14O9/c11-4-2-10(19,9(17)18)1-3(6(4)12)5(7(13)14)8(15)16/h3-6,11-12,19H,1-2H2,(H,13,14)(H,15,16)(H,17,18)/t3-,4-,6-,10+/m1/s1. The Morgan fingerprint density at radius 1 is 1.00 bits per heavy atom. The fourth-order valence-electron chi connectivity index (χ4n) is 2.31. The Balaban J connectivity index is 3.12. The van der Waals surface area contributed by atoms with E-state index in [-0.39, 0.29) is 0 Å². The summed E-state index contributed by atoms with van der Waals surface area (Å²) in [7, 11) is 0. The lowest BCUT2D eigenvalue weighted by molar-refractivity contribution is -0.189. The van der Waals surface area contributed by atoms with Crippen LogP contribution in [0.4, 0.5) is 0 Å². The molecule has 0 unspecified atom stereocenters. The van der Waals surface area contributed by atoms with Crippen molar-refractivity contribution in [3.05, 3.63) is 0 Å². The summed E-state index contributed by atoms with van der Waals surface area (Å²) < 4.78 is 0. The maximum atomic E-state index is 10.9. The van der Waals surface area contributed by atoms with Crippen LogP contribution in [0.1, 0.15) is 12.8 Å². The summed E-state index contributed by atoms with van der Waals surface area (Å²) in [5.41, 5.74) is -2.47. The van der Waals surface area contributed by atoms with Gasteiger partial charge in [-0.3, -0.25) is 9.59 Å². The van der Waals surface area contributed by atoms with E-state index in [1.165, 1.54) is 0 Å². The summed E-state index contributed by atoms with van der Waals surface area (Å²) in [4.78, 5) is 32.6. The summed E-state index contributed by atoms with van der Waals surface area (Å²) in [5.74, 6) is -8.99. The molecule has 9 nitrogen and oxygen atoms in total. The van der Waals surface area contributed by atoms with Crippen LogP contribution in [0.15, 0.2) is 0 Å². The smallest absolute Gasteiger partial charge is 0.335 e. The number of carboxylic acid groups (broad SMARTS) is 3.